The van der Waals surface area contributed by atoms with E-state index in [4.69, 9.17) is 9.47 Å². The lowest BCUT2D eigenvalue weighted by Gasteiger charge is -2.38. The third-order valence-electron chi connectivity index (χ3n) is 3.28. The highest BCUT2D eigenvalue weighted by atomic mass is 16.5. The van der Waals surface area contributed by atoms with Gasteiger partial charge in [0.2, 0.25) is 0 Å². The molecule has 0 amide bonds. The number of para-hydroxylation sites is 1. The van der Waals surface area contributed by atoms with E-state index in [1.165, 1.54) is 0 Å². The van der Waals surface area contributed by atoms with E-state index < -0.39 is 0 Å². The maximum atomic E-state index is 10.2. The summed E-state index contributed by atoms with van der Waals surface area (Å²) in [6.45, 7) is 9.87. The standard InChI is InChI=1S/C15H23NO3/c1-4-18-13-7-5-6-12(14(13)17)10-16-8-9-19-15(2,3)11-16/h5-7,17H,4,8-11H2,1-3H3. The van der Waals surface area contributed by atoms with E-state index in [0.717, 1.165) is 31.8 Å². The summed E-state index contributed by atoms with van der Waals surface area (Å²) in [5.74, 6) is 0.821. The van der Waals surface area contributed by atoms with E-state index in [0.29, 0.717) is 12.4 Å². The van der Waals surface area contributed by atoms with Crippen LogP contribution in [0.2, 0.25) is 0 Å². The predicted octanol–water partition coefficient (Wildman–Crippen LogP) is 2.40. The Hall–Kier alpha value is -1.26. The first-order valence-electron chi connectivity index (χ1n) is 6.82. The molecule has 0 bridgehead atoms. The molecule has 1 heterocycles. The second kappa shape index (κ2) is 5.80. The number of morpholine rings is 1. The summed E-state index contributed by atoms with van der Waals surface area (Å²) in [5, 5.41) is 10.2. The maximum Gasteiger partial charge on any atom is 0.162 e. The number of benzene rings is 1. The summed E-state index contributed by atoms with van der Waals surface area (Å²) < 4.78 is 11.1. The fourth-order valence-electron chi connectivity index (χ4n) is 2.46. The van der Waals surface area contributed by atoms with Crippen molar-refractivity contribution in [2.45, 2.75) is 32.9 Å². The van der Waals surface area contributed by atoms with Gasteiger partial charge in [0.1, 0.15) is 0 Å². The van der Waals surface area contributed by atoms with Crippen LogP contribution < -0.4 is 4.74 Å². The van der Waals surface area contributed by atoms with Crippen molar-refractivity contribution in [1.82, 2.24) is 4.90 Å². The Bertz CT molecular complexity index is 431. The lowest BCUT2D eigenvalue weighted by Crippen LogP contribution is -2.47. The fraction of sp³-hybridized carbons (Fsp3) is 0.600. The minimum Gasteiger partial charge on any atom is -0.504 e. The molecule has 19 heavy (non-hydrogen) atoms. The van der Waals surface area contributed by atoms with Crippen molar-refractivity contribution in [2.24, 2.45) is 0 Å². The minimum atomic E-state index is -0.120. The SMILES string of the molecule is CCOc1cccc(CN2CCOC(C)(C)C2)c1O. The van der Waals surface area contributed by atoms with Crippen molar-refractivity contribution in [3.8, 4) is 11.5 Å². The number of phenols is 1. The lowest BCUT2D eigenvalue weighted by atomic mass is 10.1. The van der Waals surface area contributed by atoms with Gasteiger partial charge in [0, 0.05) is 25.2 Å². The molecule has 1 aliphatic rings. The maximum absolute atomic E-state index is 10.2. The Morgan fingerprint density at radius 1 is 1.42 bits per heavy atom. The Kier molecular flexibility index (Phi) is 4.32. The molecular weight excluding hydrogens is 242 g/mol. The van der Waals surface area contributed by atoms with Crippen LogP contribution in [0.25, 0.3) is 0 Å². The van der Waals surface area contributed by atoms with E-state index in [9.17, 15) is 5.11 Å². The average Bonchev–Trinajstić information content (AvgIpc) is 2.33. The zero-order valence-electron chi connectivity index (χ0n) is 12.0. The summed E-state index contributed by atoms with van der Waals surface area (Å²) in [5.41, 5.74) is 0.787. The fourth-order valence-corrected chi connectivity index (χ4v) is 2.46. The molecule has 0 radical (unpaired) electrons. The molecule has 0 aliphatic carbocycles. The van der Waals surface area contributed by atoms with Crippen LogP contribution in [0.5, 0.6) is 11.5 Å². The van der Waals surface area contributed by atoms with Crippen LogP contribution in [0.3, 0.4) is 0 Å². The van der Waals surface area contributed by atoms with Crippen molar-refractivity contribution >= 4 is 0 Å². The van der Waals surface area contributed by atoms with Gasteiger partial charge in [-0.25, -0.2) is 0 Å². The van der Waals surface area contributed by atoms with E-state index in [-0.39, 0.29) is 11.4 Å². The lowest BCUT2D eigenvalue weighted by molar-refractivity contribution is -0.0883. The number of aromatic hydroxyl groups is 1. The normalized spacial score (nSPS) is 19.3. The minimum absolute atomic E-state index is 0.120. The molecule has 1 saturated heterocycles. The van der Waals surface area contributed by atoms with E-state index in [2.05, 4.69) is 18.7 Å². The molecule has 0 spiro atoms. The van der Waals surface area contributed by atoms with Crippen molar-refractivity contribution in [1.29, 1.82) is 0 Å². The summed E-state index contributed by atoms with van der Waals surface area (Å²) >= 11 is 0. The van der Waals surface area contributed by atoms with E-state index in [1.54, 1.807) is 6.07 Å². The molecule has 0 saturated carbocycles. The molecule has 2 rings (SSSR count). The largest absolute Gasteiger partial charge is 0.504 e. The molecule has 1 aromatic rings. The zero-order chi connectivity index (χ0) is 13.9. The number of ether oxygens (including phenoxy) is 2. The molecule has 1 aromatic carbocycles. The molecule has 4 nitrogen and oxygen atoms in total. The van der Waals surface area contributed by atoms with Crippen LogP contribution in [0.4, 0.5) is 0 Å². The highest BCUT2D eigenvalue weighted by Gasteiger charge is 2.27. The number of hydrogen-bond acceptors (Lipinski definition) is 4. The average molecular weight is 265 g/mol. The Morgan fingerprint density at radius 3 is 2.89 bits per heavy atom. The van der Waals surface area contributed by atoms with Gasteiger partial charge in [-0.15, -0.1) is 0 Å². The highest BCUT2D eigenvalue weighted by molar-refractivity contribution is 5.45. The molecule has 106 valence electrons. The van der Waals surface area contributed by atoms with Crippen LogP contribution in [0, 0.1) is 0 Å². The van der Waals surface area contributed by atoms with Gasteiger partial charge in [-0.2, -0.15) is 0 Å². The van der Waals surface area contributed by atoms with Crippen molar-refractivity contribution < 1.29 is 14.6 Å². The van der Waals surface area contributed by atoms with Crippen molar-refractivity contribution in [3.05, 3.63) is 23.8 Å². The summed E-state index contributed by atoms with van der Waals surface area (Å²) in [7, 11) is 0. The van der Waals surface area contributed by atoms with Gasteiger partial charge in [0.05, 0.1) is 18.8 Å². The molecule has 0 atom stereocenters. The quantitative estimate of drug-likeness (QED) is 0.907. The Morgan fingerprint density at radius 2 is 2.21 bits per heavy atom. The number of phenolic OH excluding ortho intramolecular Hbond substituents is 1. The number of nitrogens with zero attached hydrogens (tertiary/aromatic N) is 1. The smallest absolute Gasteiger partial charge is 0.162 e. The van der Waals surface area contributed by atoms with Gasteiger partial charge in [0.15, 0.2) is 11.5 Å². The molecular formula is C15H23NO3. The van der Waals surface area contributed by atoms with Crippen LogP contribution >= 0.6 is 0 Å². The van der Waals surface area contributed by atoms with Gasteiger partial charge in [-0.1, -0.05) is 12.1 Å². The molecule has 0 aromatic heterocycles. The third-order valence-corrected chi connectivity index (χ3v) is 3.28. The zero-order valence-corrected chi connectivity index (χ0v) is 12.0. The highest BCUT2D eigenvalue weighted by Crippen LogP contribution is 2.31. The van der Waals surface area contributed by atoms with Gasteiger partial charge in [0.25, 0.3) is 0 Å². The first kappa shape index (κ1) is 14.2. The number of hydrogen-bond donors (Lipinski definition) is 1. The first-order chi connectivity index (χ1) is 9.02. The molecule has 0 unspecified atom stereocenters. The van der Waals surface area contributed by atoms with E-state index >= 15 is 0 Å². The van der Waals surface area contributed by atoms with Crippen molar-refractivity contribution in [2.75, 3.05) is 26.3 Å². The topological polar surface area (TPSA) is 41.9 Å². The molecule has 1 N–H and O–H groups in total. The molecule has 1 fully saturated rings. The van der Waals surface area contributed by atoms with Crippen LogP contribution in [-0.2, 0) is 11.3 Å². The van der Waals surface area contributed by atoms with Gasteiger partial charge < -0.3 is 14.6 Å². The molecule has 4 heteroatoms. The van der Waals surface area contributed by atoms with Gasteiger partial charge in [-0.05, 0) is 26.8 Å². The van der Waals surface area contributed by atoms with Crippen LogP contribution in [0.1, 0.15) is 26.3 Å². The summed E-state index contributed by atoms with van der Waals surface area (Å²) in [6.07, 6.45) is 0. The van der Waals surface area contributed by atoms with Crippen LogP contribution in [0.15, 0.2) is 18.2 Å². The second-order valence-corrected chi connectivity index (χ2v) is 5.52. The van der Waals surface area contributed by atoms with Gasteiger partial charge >= 0.3 is 0 Å². The summed E-state index contributed by atoms with van der Waals surface area (Å²) in [4.78, 5) is 2.30. The first-order valence-corrected chi connectivity index (χ1v) is 6.82. The van der Waals surface area contributed by atoms with Crippen molar-refractivity contribution in [3.63, 3.8) is 0 Å². The third kappa shape index (κ3) is 3.61. The Labute approximate surface area is 114 Å². The second-order valence-electron chi connectivity index (χ2n) is 5.52. The monoisotopic (exact) mass is 265 g/mol. The van der Waals surface area contributed by atoms with E-state index in [1.807, 2.05) is 19.1 Å². The number of rotatable bonds is 4. The van der Waals surface area contributed by atoms with Gasteiger partial charge in [-0.3, -0.25) is 4.90 Å². The van der Waals surface area contributed by atoms with Crippen LogP contribution in [-0.4, -0.2) is 41.9 Å². The predicted molar refractivity (Wildman–Crippen MR) is 74.6 cm³/mol. The Balaban J connectivity index is 2.08. The summed E-state index contributed by atoms with van der Waals surface area (Å²) in [6, 6.07) is 5.66. The molecule has 1 aliphatic heterocycles.